The van der Waals surface area contributed by atoms with Crippen LogP contribution in [0.25, 0.3) is 0 Å². The van der Waals surface area contributed by atoms with Crippen LogP contribution < -0.4 is 4.83 Å². The Morgan fingerprint density at radius 1 is 0.900 bits per heavy atom. The van der Waals surface area contributed by atoms with Crippen LogP contribution in [-0.2, 0) is 16.4 Å². The molecule has 4 nitrogen and oxygen atoms in total. The van der Waals surface area contributed by atoms with E-state index in [1.54, 1.807) is 30.3 Å². The molecule has 20 heavy (non-hydrogen) atoms. The maximum atomic E-state index is 12.1. The van der Waals surface area contributed by atoms with Crippen molar-refractivity contribution < 1.29 is 8.42 Å². The molecule has 0 aliphatic heterocycles. The Balaban J connectivity index is 1.86. The molecule has 0 spiro atoms. The van der Waals surface area contributed by atoms with E-state index < -0.39 is 10.0 Å². The first-order valence-electron chi connectivity index (χ1n) is 6.38. The lowest BCUT2D eigenvalue weighted by Crippen LogP contribution is -2.20. The lowest BCUT2D eigenvalue weighted by atomic mass is 10.1. The Kier molecular flexibility index (Phi) is 3.28. The van der Waals surface area contributed by atoms with Crippen molar-refractivity contribution in [2.75, 3.05) is 0 Å². The maximum Gasteiger partial charge on any atom is 0.276 e. The van der Waals surface area contributed by atoms with Crippen molar-refractivity contribution in [3.05, 3.63) is 65.7 Å². The second-order valence-electron chi connectivity index (χ2n) is 4.62. The first-order valence-corrected chi connectivity index (χ1v) is 7.87. The third-order valence-corrected chi connectivity index (χ3v) is 4.54. The highest BCUT2D eigenvalue weighted by molar-refractivity contribution is 7.89. The predicted molar refractivity (Wildman–Crippen MR) is 78.1 cm³/mol. The molecule has 0 fully saturated rings. The highest BCUT2D eigenvalue weighted by atomic mass is 32.2. The van der Waals surface area contributed by atoms with Gasteiger partial charge in [-0.15, -0.1) is 0 Å². The molecule has 0 bridgehead atoms. The van der Waals surface area contributed by atoms with Gasteiger partial charge in [0.05, 0.1) is 10.6 Å². The van der Waals surface area contributed by atoms with Gasteiger partial charge in [0.15, 0.2) is 0 Å². The zero-order valence-electron chi connectivity index (χ0n) is 10.8. The monoisotopic (exact) mass is 286 g/mol. The normalized spacial score (nSPS) is 16.1. The van der Waals surface area contributed by atoms with Gasteiger partial charge in [-0.25, -0.2) is 0 Å². The second kappa shape index (κ2) is 5.09. The smallest absolute Gasteiger partial charge is 0.200 e. The molecule has 1 aliphatic rings. The van der Waals surface area contributed by atoms with E-state index >= 15 is 0 Å². The van der Waals surface area contributed by atoms with Crippen LogP contribution in [0.2, 0.25) is 0 Å². The van der Waals surface area contributed by atoms with Gasteiger partial charge in [-0.1, -0.05) is 42.5 Å². The van der Waals surface area contributed by atoms with Crippen LogP contribution in [0.1, 0.15) is 17.5 Å². The molecule has 0 atom stereocenters. The number of fused-ring (bicyclic) bond motifs is 1. The van der Waals surface area contributed by atoms with E-state index in [0.29, 0.717) is 0 Å². The summed E-state index contributed by atoms with van der Waals surface area (Å²) in [4.78, 5) is 2.54. The van der Waals surface area contributed by atoms with Gasteiger partial charge in [0.25, 0.3) is 10.0 Å². The van der Waals surface area contributed by atoms with Gasteiger partial charge in [0.2, 0.25) is 0 Å². The SMILES string of the molecule is O=S(=O)(N/N=C1/CCc2ccccc21)c1ccccc1. The topological polar surface area (TPSA) is 58.5 Å². The number of sulfonamides is 1. The molecule has 1 aliphatic carbocycles. The summed E-state index contributed by atoms with van der Waals surface area (Å²) in [6.07, 6.45) is 1.67. The molecule has 1 N–H and O–H groups in total. The lowest BCUT2D eigenvalue weighted by molar-refractivity contribution is 0.584. The molecular formula is C15H14N2O2S. The summed E-state index contributed by atoms with van der Waals surface area (Å²) >= 11 is 0. The van der Waals surface area contributed by atoms with Crippen molar-refractivity contribution in [2.45, 2.75) is 17.7 Å². The first kappa shape index (κ1) is 12.9. The van der Waals surface area contributed by atoms with E-state index in [0.717, 1.165) is 24.1 Å². The van der Waals surface area contributed by atoms with Gasteiger partial charge >= 0.3 is 0 Å². The Morgan fingerprint density at radius 3 is 2.40 bits per heavy atom. The van der Waals surface area contributed by atoms with Crippen molar-refractivity contribution in [3.63, 3.8) is 0 Å². The van der Waals surface area contributed by atoms with Gasteiger partial charge in [-0.3, -0.25) is 0 Å². The molecule has 0 unspecified atom stereocenters. The van der Waals surface area contributed by atoms with Crippen LogP contribution in [0.15, 0.2) is 64.6 Å². The summed E-state index contributed by atoms with van der Waals surface area (Å²) in [5.41, 5.74) is 3.04. The third-order valence-electron chi connectivity index (χ3n) is 3.31. The highest BCUT2D eigenvalue weighted by Crippen LogP contribution is 2.22. The van der Waals surface area contributed by atoms with E-state index in [4.69, 9.17) is 0 Å². The Morgan fingerprint density at radius 2 is 1.60 bits per heavy atom. The van der Waals surface area contributed by atoms with E-state index in [-0.39, 0.29) is 4.90 Å². The van der Waals surface area contributed by atoms with Gasteiger partial charge in [0.1, 0.15) is 0 Å². The van der Waals surface area contributed by atoms with Gasteiger partial charge in [-0.05, 0) is 30.5 Å². The van der Waals surface area contributed by atoms with Crippen LogP contribution in [0.4, 0.5) is 0 Å². The van der Waals surface area contributed by atoms with Gasteiger partial charge in [-0.2, -0.15) is 18.4 Å². The van der Waals surface area contributed by atoms with Crippen molar-refractivity contribution in [2.24, 2.45) is 5.10 Å². The number of hydrogen-bond acceptors (Lipinski definition) is 3. The highest BCUT2D eigenvalue weighted by Gasteiger charge is 2.18. The van der Waals surface area contributed by atoms with Crippen molar-refractivity contribution in [3.8, 4) is 0 Å². The third kappa shape index (κ3) is 2.44. The number of benzene rings is 2. The minimum Gasteiger partial charge on any atom is -0.200 e. The largest absolute Gasteiger partial charge is 0.276 e. The zero-order valence-corrected chi connectivity index (χ0v) is 11.6. The van der Waals surface area contributed by atoms with E-state index in [2.05, 4.69) is 9.93 Å². The molecule has 102 valence electrons. The number of aryl methyl sites for hydroxylation is 1. The van der Waals surface area contributed by atoms with Gasteiger partial charge in [0, 0.05) is 5.56 Å². The van der Waals surface area contributed by atoms with E-state index in [1.165, 1.54) is 5.56 Å². The van der Waals surface area contributed by atoms with Crippen LogP contribution >= 0.6 is 0 Å². The average Bonchev–Trinajstić information content (AvgIpc) is 2.89. The Labute approximate surface area is 118 Å². The Hall–Kier alpha value is -2.14. The van der Waals surface area contributed by atoms with Crippen LogP contribution in [0, 0.1) is 0 Å². The van der Waals surface area contributed by atoms with Crippen LogP contribution in [0.5, 0.6) is 0 Å². The molecule has 3 rings (SSSR count). The summed E-state index contributed by atoms with van der Waals surface area (Å²) in [6.45, 7) is 0. The number of hydrogen-bond donors (Lipinski definition) is 1. The molecule has 0 saturated carbocycles. The fraction of sp³-hybridized carbons (Fsp3) is 0.133. The average molecular weight is 286 g/mol. The van der Waals surface area contributed by atoms with Gasteiger partial charge < -0.3 is 0 Å². The number of rotatable bonds is 3. The number of hydrazone groups is 1. The molecule has 0 saturated heterocycles. The summed E-state index contributed by atoms with van der Waals surface area (Å²) in [6, 6.07) is 16.2. The minimum atomic E-state index is -3.59. The van der Waals surface area contributed by atoms with Crippen LogP contribution in [-0.4, -0.2) is 14.1 Å². The fourth-order valence-electron chi connectivity index (χ4n) is 2.29. The molecule has 5 heteroatoms. The Bertz CT molecular complexity index is 752. The predicted octanol–water partition coefficient (Wildman–Crippen LogP) is 2.32. The molecular weight excluding hydrogens is 272 g/mol. The minimum absolute atomic E-state index is 0.218. The summed E-state index contributed by atoms with van der Waals surface area (Å²) in [5.74, 6) is 0. The van der Waals surface area contributed by atoms with E-state index in [1.807, 2.05) is 24.3 Å². The van der Waals surface area contributed by atoms with Crippen LogP contribution in [0.3, 0.4) is 0 Å². The zero-order chi connectivity index (χ0) is 14.0. The molecule has 2 aromatic carbocycles. The van der Waals surface area contributed by atoms with E-state index in [9.17, 15) is 8.42 Å². The van der Waals surface area contributed by atoms with Crippen molar-refractivity contribution >= 4 is 15.7 Å². The molecule has 0 radical (unpaired) electrons. The molecule has 0 aromatic heterocycles. The lowest BCUT2D eigenvalue weighted by Gasteiger charge is -2.04. The number of nitrogens with one attached hydrogen (secondary N) is 1. The standard InChI is InChI=1S/C15H14N2O2S/c18-20(19,13-7-2-1-3-8-13)17-16-15-11-10-12-6-4-5-9-14(12)15/h1-9,17H,10-11H2/b16-15-. The maximum absolute atomic E-state index is 12.1. The fourth-order valence-corrected chi connectivity index (χ4v) is 3.14. The number of nitrogens with zero attached hydrogens (tertiary/aromatic N) is 1. The summed E-state index contributed by atoms with van der Waals surface area (Å²) < 4.78 is 24.2. The van der Waals surface area contributed by atoms with Crippen molar-refractivity contribution in [1.29, 1.82) is 0 Å². The second-order valence-corrected chi connectivity index (χ2v) is 6.28. The summed E-state index contributed by atoms with van der Waals surface area (Å²) in [5, 5.41) is 4.09. The quantitative estimate of drug-likeness (QED) is 0.880. The molecule has 0 heterocycles. The first-order chi connectivity index (χ1) is 9.67. The molecule has 0 amide bonds. The molecule has 2 aromatic rings. The van der Waals surface area contributed by atoms with Crippen molar-refractivity contribution in [1.82, 2.24) is 4.83 Å². The summed E-state index contributed by atoms with van der Waals surface area (Å²) in [7, 11) is -3.59.